The van der Waals surface area contributed by atoms with Gasteiger partial charge in [-0.05, 0) is 69.3 Å². The summed E-state index contributed by atoms with van der Waals surface area (Å²) in [7, 11) is 0. The standard InChI is InChI=1S/C26H26N6O/c1-17-4-8-20(9-5-17)28-24-16-19(3)27-25(32-24)29-21-12-14-23(15-13-21)31-26(33)30-22-10-6-18(2)7-11-22/h4-16H,1-3H3,(H2,30,31,33)(H2,27,28,29,32). The third-order valence-corrected chi connectivity index (χ3v) is 4.89. The van der Waals surface area contributed by atoms with Crippen molar-refractivity contribution >= 4 is 40.5 Å². The minimum Gasteiger partial charge on any atom is -0.340 e. The first-order valence-corrected chi connectivity index (χ1v) is 10.6. The molecule has 0 saturated carbocycles. The number of benzene rings is 3. The van der Waals surface area contributed by atoms with Crippen LogP contribution < -0.4 is 21.3 Å². The predicted octanol–water partition coefficient (Wildman–Crippen LogP) is 6.53. The van der Waals surface area contributed by atoms with Crippen LogP contribution >= 0.6 is 0 Å². The summed E-state index contributed by atoms with van der Waals surface area (Å²) < 4.78 is 0. The topological polar surface area (TPSA) is 91.0 Å². The van der Waals surface area contributed by atoms with Gasteiger partial charge in [0.05, 0.1) is 0 Å². The molecule has 1 aromatic heterocycles. The van der Waals surface area contributed by atoms with Gasteiger partial charge in [-0.1, -0.05) is 35.4 Å². The van der Waals surface area contributed by atoms with Crippen molar-refractivity contribution in [2.24, 2.45) is 0 Å². The number of rotatable bonds is 6. The molecule has 1 heterocycles. The van der Waals surface area contributed by atoms with Gasteiger partial charge < -0.3 is 21.3 Å². The Labute approximate surface area is 193 Å². The molecular formula is C26H26N6O. The van der Waals surface area contributed by atoms with E-state index in [1.807, 2.05) is 92.7 Å². The first-order chi connectivity index (χ1) is 15.9. The minimum atomic E-state index is -0.298. The van der Waals surface area contributed by atoms with Gasteiger partial charge in [-0.3, -0.25) is 0 Å². The van der Waals surface area contributed by atoms with Crippen molar-refractivity contribution < 1.29 is 4.79 Å². The van der Waals surface area contributed by atoms with E-state index >= 15 is 0 Å². The Kier molecular flexibility index (Phi) is 6.50. The van der Waals surface area contributed by atoms with Gasteiger partial charge in [0.1, 0.15) is 5.82 Å². The predicted molar refractivity (Wildman–Crippen MR) is 135 cm³/mol. The number of carbonyl (C=O) groups is 1. The van der Waals surface area contributed by atoms with E-state index in [2.05, 4.69) is 38.2 Å². The Morgan fingerprint density at radius 2 is 1.06 bits per heavy atom. The SMILES string of the molecule is Cc1ccc(NC(=O)Nc2ccc(Nc3nc(C)cc(Nc4ccc(C)cc4)n3)cc2)cc1. The number of hydrogen-bond donors (Lipinski definition) is 4. The number of amides is 2. The van der Waals surface area contributed by atoms with Gasteiger partial charge in [0.2, 0.25) is 5.95 Å². The van der Waals surface area contributed by atoms with Crippen LogP contribution in [-0.4, -0.2) is 16.0 Å². The molecule has 4 aromatic rings. The third-order valence-electron chi connectivity index (χ3n) is 4.89. The second-order valence-corrected chi connectivity index (χ2v) is 7.86. The second-order valence-electron chi connectivity index (χ2n) is 7.86. The van der Waals surface area contributed by atoms with Crippen LogP contribution in [0.5, 0.6) is 0 Å². The highest BCUT2D eigenvalue weighted by atomic mass is 16.2. The van der Waals surface area contributed by atoms with E-state index in [0.29, 0.717) is 17.5 Å². The van der Waals surface area contributed by atoms with Gasteiger partial charge in [0.25, 0.3) is 0 Å². The summed E-state index contributed by atoms with van der Waals surface area (Å²) in [6.45, 7) is 5.98. The van der Waals surface area contributed by atoms with E-state index < -0.39 is 0 Å². The summed E-state index contributed by atoms with van der Waals surface area (Å²) in [6.07, 6.45) is 0. The van der Waals surface area contributed by atoms with Crippen molar-refractivity contribution in [1.29, 1.82) is 0 Å². The highest BCUT2D eigenvalue weighted by molar-refractivity contribution is 5.99. The smallest absolute Gasteiger partial charge is 0.323 e. The van der Waals surface area contributed by atoms with Crippen LogP contribution in [0.4, 0.5) is 39.3 Å². The fourth-order valence-corrected chi connectivity index (χ4v) is 3.17. The summed E-state index contributed by atoms with van der Waals surface area (Å²) in [4.78, 5) is 21.2. The number of aromatic nitrogens is 2. The third kappa shape index (κ3) is 6.30. The average molecular weight is 439 g/mol. The summed E-state index contributed by atoms with van der Waals surface area (Å²) in [6, 6.07) is 24.7. The molecule has 0 radical (unpaired) electrons. The Bertz CT molecular complexity index is 1240. The molecule has 0 aliphatic heterocycles. The van der Waals surface area contributed by atoms with Crippen LogP contribution in [0.3, 0.4) is 0 Å². The van der Waals surface area contributed by atoms with Crippen LogP contribution in [0.15, 0.2) is 78.9 Å². The number of nitrogens with zero attached hydrogens (tertiary/aromatic N) is 2. The molecule has 2 amide bonds. The zero-order valence-electron chi connectivity index (χ0n) is 18.8. The lowest BCUT2D eigenvalue weighted by atomic mass is 10.2. The van der Waals surface area contributed by atoms with Crippen molar-refractivity contribution in [3.05, 3.63) is 95.7 Å². The molecule has 0 saturated heterocycles. The van der Waals surface area contributed by atoms with Gasteiger partial charge in [-0.15, -0.1) is 0 Å². The number of anilines is 6. The van der Waals surface area contributed by atoms with Gasteiger partial charge in [-0.2, -0.15) is 4.98 Å². The fourth-order valence-electron chi connectivity index (χ4n) is 3.17. The molecule has 0 atom stereocenters. The van der Waals surface area contributed by atoms with Crippen molar-refractivity contribution in [3.63, 3.8) is 0 Å². The number of hydrogen-bond acceptors (Lipinski definition) is 5. The van der Waals surface area contributed by atoms with Crippen molar-refractivity contribution in [3.8, 4) is 0 Å². The molecule has 0 aliphatic carbocycles. The van der Waals surface area contributed by atoms with Crippen LogP contribution in [0.1, 0.15) is 16.8 Å². The largest absolute Gasteiger partial charge is 0.340 e. The van der Waals surface area contributed by atoms with E-state index in [1.54, 1.807) is 0 Å². The van der Waals surface area contributed by atoms with E-state index in [4.69, 9.17) is 0 Å². The quantitative estimate of drug-likeness (QED) is 0.275. The molecule has 0 fully saturated rings. The lowest BCUT2D eigenvalue weighted by Crippen LogP contribution is -2.19. The first-order valence-electron chi connectivity index (χ1n) is 10.6. The van der Waals surface area contributed by atoms with Gasteiger partial charge in [0, 0.05) is 34.5 Å². The zero-order chi connectivity index (χ0) is 23.2. The molecule has 0 aliphatic rings. The molecule has 166 valence electrons. The molecule has 7 heteroatoms. The molecule has 3 aromatic carbocycles. The lowest BCUT2D eigenvalue weighted by molar-refractivity contribution is 0.262. The zero-order valence-corrected chi connectivity index (χ0v) is 18.8. The fraction of sp³-hybridized carbons (Fsp3) is 0.115. The summed E-state index contributed by atoms with van der Waals surface area (Å²) >= 11 is 0. The van der Waals surface area contributed by atoms with Gasteiger partial charge in [0.15, 0.2) is 0 Å². The monoisotopic (exact) mass is 438 g/mol. The highest BCUT2D eigenvalue weighted by Crippen LogP contribution is 2.21. The van der Waals surface area contributed by atoms with Crippen molar-refractivity contribution in [2.45, 2.75) is 20.8 Å². The number of aryl methyl sites for hydroxylation is 3. The minimum absolute atomic E-state index is 0.298. The van der Waals surface area contributed by atoms with Crippen LogP contribution in [0.25, 0.3) is 0 Å². The average Bonchev–Trinajstić information content (AvgIpc) is 2.78. The van der Waals surface area contributed by atoms with Crippen LogP contribution in [0.2, 0.25) is 0 Å². The molecule has 0 spiro atoms. The molecular weight excluding hydrogens is 412 g/mol. The first kappa shape index (κ1) is 21.8. The maximum absolute atomic E-state index is 12.2. The van der Waals surface area contributed by atoms with Crippen molar-refractivity contribution in [1.82, 2.24) is 9.97 Å². The van der Waals surface area contributed by atoms with E-state index in [9.17, 15) is 4.79 Å². The van der Waals surface area contributed by atoms with Crippen LogP contribution in [0, 0.1) is 20.8 Å². The summed E-state index contributed by atoms with van der Waals surface area (Å²) in [5.41, 5.74) is 6.37. The van der Waals surface area contributed by atoms with E-state index in [0.717, 1.165) is 28.3 Å². The van der Waals surface area contributed by atoms with Gasteiger partial charge >= 0.3 is 6.03 Å². The van der Waals surface area contributed by atoms with E-state index in [-0.39, 0.29) is 6.03 Å². The normalized spacial score (nSPS) is 10.4. The molecule has 4 rings (SSSR count). The van der Waals surface area contributed by atoms with Gasteiger partial charge in [-0.25, -0.2) is 9.78 Å². The maximum atomic E-state index is 12.2. The number of carbonyl (C=O) groups excluding carboxylic acids is 1. The maximum Gasteiger partial charge on any atom is 0.323 e. The Morgan fingerprint density at radius 3 is 1.64 bits per heavy atom. The van der Waals surface area contributed by atoms with Crippen molar-refractivity contribution in [2.75, 3.05) is 21.3 Å². The molecule has 33 heavy (non-hydrogen) atoms. The van der Waals surface area contributed by atoms with E-state index in [1.165, 1.54) is 5.56 Å². The number of urea groups is 1. The second kappa shape index (κ2) is 9.82. The Hall–Kier alpha value is -4.39. The van der Waals surface area contributed by atoms with Crippen LogP contribution in [-0.2, 0) is 0 Å². The Balaban J connectivity index is 1.38. The number of nitrogens with one attached hydrogen (secondary N) is 4. The molecule has 0 bridgehead atoms. The Morgan fingerprint density at radius 1 is 0.606 bits per heavy atom. The lowest BCUT2D eigenvalue weighted by Gasteiger charge is -2.11. The molecule has 4 N–H and O–H groups in total. The summed E-state index contributed by atoms with van der Waals surface area (Å²) in [5, 5.41) is 12.2. The summed E-state index contributed by atoms with van der Waals surface area (Å²) in [5.74, 6) is 1.20. The molecule has 0 unspecified atom stereocenters. The molecule has 7 nitrogen and oxygen atoms in total. The highest BCUT2D eigenvalue weighted by Gasteiger charge is 2.06.